The van der Waals surface area contributed by atoms with Crippen molar-refractivity contribution in [2.75, 3.05) is 32.6 Å². The zero-order valence-corrected chi connectivity index (χ0v) is 12.9. The maximum Gasteiger partial charge on any atom is 0.313 e. The van der Waals surface area contributed by atoms with E-state index in [1.165, 1.54) is 13.2 Å². The Bertz CT molecular complexity index is 495. The van der Waals surface area contributed by atoms with E-state index in [1.54, 1.807) is 0 Å². The number of hydrogen-bond donors (Lipinski definition) is 1. The first-order chi connectivity index (χ1) is 9.86. The number of nitrogens with zero attached hydrogens (tertiary/aromatic N) is 2. The number of methoxy groups -OCH3 is 1. The Morgan fingerprint density at radius 2 is 2.14 bits per heavy atom. The van der Waals surface area contributed by atoms with Gasteiger partial charge in [-0.2, -0.15) is 0 Å². The summed E-state index contributed by atoms with van der Waals surface area (Å²) in [5.74, 6) is -0.608. The average Bonchev–Trinajstić information content (AvgIpc) is 2.43. The summed E-state index contributed by atoms with van der Waals surface area (Å²) in [5.41, 5.74) is -0.162. The summed E-state index contributed by atoms with van der Waals surface area (Å²) in [6.07, 6.45) is 0.841. The summed E-state index contributed by atoms with van der Waals surface area (Å²) in [6.45, 7) is 5.67. The first kappa shape index (κ1) is 17.2. The summed E-state index contributed by atoms with van der Waals surface area (Å²) >= 11 is 0. The van der Waals surface area contributed by atoms with Crippen molar-refractivity contribution in [2.24, 2.45) is 0 Å². The van der Waals surface area contributed by atoms with E-state index in [0.717, 1.165) is 19.0 Å². The lowest BCUT2D eigenvalue weighted by Gasteiger charge is -2.20. The van der Waals surface area contributed by atoms with Crippen LogP contribution >= 0.6 is 0 Å². The molecule has 1 N–H and O–H groups in total. The molecule has 0 aliphatic rings. The molecule has 21 heavy (non-hydrogen) atoms. The molecular weight excluding hydrogens is 277 g/mol. The van der Waals surface area contributed by atoms with Gasteiger partial charge in [-0.3, -0.25) is 10.1 Å². The maximum absolute atomic E-state index is 13.8. The lowest BCUT2D eigenvalue weighted by molar-refractivity contribution is -0.385. The van der Waals surface area contributed by atoms with Crippen LogP contribution in [0.25, 0.3) is 0 Å². The van der Waals surface area contributed by atoms with Crippen LogP contribution in [0.4, 0.5) is 15.8 Å². The largest absolute Gasteiger partial charge is 0.490 e. The Balaban J connectivity index is 2.65. The molecule has 6 nitrogen and oxygen atoms in total. The minimum Gasteiger partial charge on any atom is -0.490 e. The monoisotopic (exact) mass is 299 g/mol. The van der Waals surface area contributed by atoms with E-state index in [9.17, 15) is 14.5 Å². The van der Waals surface area contributed by atoms with Crippen molar-refractivity contribution in [3.05, 3.63) is 28.1 Å². The molecule has 0 bridgehead atoms. The second kappa shape index (κ2) is 7.78. The summed E-state index contributed by atoms with van der Waals surface area (Å²) < 4.78 is 18.7. The van der Waals surface area contributed by atoms with Gasteiger partial charge in [0.05, 0.1) is 23.8 Å². The van der Waals surface area contributed by atoms with Gasteiger partial charge in [0.2, 0.25) is 0 Å². The molecule has 0 radical (unpaired) electrons. The van der Waals surface area contributed by atoms with Crippen LogP contribution < -0.4 is 10.1 Å². The van der Waals surface area contributed by atoms with Crippen LogP contribution in [0.15, 0.2) is 12.1 Å². The Labute approximate surface area is 124 Å². The lowest BCUT2D eigenvalue weighted by Crippen LogP contribution is -2.28. The summed E-state index contributed by atoms with van der Waals surface area (Å²) in [5, 5.41) is 13.7. The quantitative estimate of drug-likeness (QED) is 0.454. The van der Waals surface area contributed by atoms with Gasteiger partial charge in [-0.15, -0.1) is 0 Å². The second-order valence-electron chi connectivity index (χ2n) is 5.12. The molecule has 0 saturated heterocycles. The highest BCUT2D eigenvalue weighted by Crippen LogP contribution is 2.32. The molecule has 0 atom stereocenters. The molecule has 0 saturated carbocycles. The summed E-state index contributed by atoms with van der Waals surface area (Å²) in [4.78, 5) is 12.3. The van der Waals surface area contributed by atoms with Crippen molar-refractivity contribution in [1.82, 2.24) is 4.90 Å². The van der Waals surface area contributed by atoms with E-state index in [2.05, 4.69) is 24.1 Å². The topological polar surface area (TPSA) is 67.6 Å². The Morgan fingerprint density at radius 1 is 1.48 bits per heavy atom. The minimum atomic E-state index is -0.663. The van der Waals surface area contributed by atoms with E-state index < -0.39 is 10.7 Å². The van der Waals surface area contributed by atoms with Crippen LogP contribution in [0.1, 0.15) is 20.3 Å². The molecule has 1 aromatic rings. The van der Waals surface area contributed by atoms with Crippen molar-refractivity contribution in [3.63, 3.8) is 0 Å². The van der Waals surface area contributed by atoms with Gasteiger partial charge in [0.15, 0.2) is 11.6 Å². The third-order valence-corrected chi connectivity index (χ3v) is 3.35. The molecule has 1 aromatic carbocycles. The fourth-order valence-electron chi connectivity index (χ4n) is 1.79. The third-order valence-electron chi connectivity index (χ3n) is 3.35. The first-order valence-electron chi connectivity index (χ1n) is 6.82. The van der Waals surface area contributed by atoms with Crippen molar-refractivity contribution in [2.45, 2.75) is 26.3 Å². The number of anilines is 1. The zero-order valence-electron chi connectivity index (χ0n) is 12.9. The van der Waals surface area contributed by atoms with E-state index in [1.807, 2.05) is 7.05 Å². The molecule has 7 heteroatoms. The van der Waals surface area contributed by atoms with E-state index in [4.69, 9.17) is 4.74 Å². The highest BCUT2D eigenvalue weighted by molar-refractivity contribution is 5.59. The number of hydrogen-bond acceptors (Lipinski definition) is 5. The van der Waals surface area contributed by atoms with E-state index in [-0.39, 0.29) is 17.1 Å². The van der Waals surface area contributed by atoms with Gasteiger partial charge in [-0.05, 0) is 33.9 Å². The summed E-state index contributed by atoms with van der Waals surface area (Å²) in [7, 11) is 3.35. The van der Waals surface area contributed by atoms with Gasteiger partial charge < -0.3 is 15.0 Å². The van der Waals surface area contributed by atoms with Crippen molar-refractivity contribution < 1.29 is 14.1 Å². The van der Waals surface area contributed by atoms with Gasteiger partial charge in [0, 0.05) is 18.7 Å². The Kier molecular flexibility index (Phi) is 6.36. The highest BCUT2D eigenvalue weighted by atomic mass is 19.1. The Morgan fingerprint density at radius 3 is 2.67 bits per heavy atom. The smallest absolute Gasteiger partial charge is 0.313 e. The molecule has 0 aromatic heterocycles. The lowest BCUT2D eigenvalue weighted by atomic mass is 10.2. The zero-order chi connectivity index (χ0) is 16.0. The number of nitro benzene ring substituents is 1. The van der Waals surface area contributed by atoms with Gasteiger partial charge in [-0.25, -0.2) is 4.39 Å². The van der Waals surface area contributed by atoms with Gasteiger partial charge >= 0.3 is 5.69 Å². The third kappa shape index (κ3) is 4.86. The van der Waals surface area contributed by atoms with Crippen LogP contribution in [0, 0.1) is 15.9 Å². The molecule has 118 valence electrons. The first-order valence-corrected chi connectivity index (χ1v) is 6.82. The molecule has 1 rings (SSSR count). The van der Waals surface area contributed by atoms with Crippen LogP contribution in [0.5, 0.6) is 5.75 Å². The number of benzene rings is 1. The molecule has 0 spiro atoms. The number of halogens is 1. The molecule has 0 amide bonds. The highest BCUT2D eigenvalue weighted by Gasteiger charge is 2.19. The maximum atomic E-state index is 13.8. The molecule has 0 unspecified atom stereocenters. The standard InChI is InChI=1S/C14H22FN3O3/c1-10(2)17(3)7-5-6-16-12-9-14(21-4)13(18(19)20)8-11(12)15/h8-10,16H,5-7H2,1-4H3. The second-order valence-corrected chi connectivity index (χ2v) is 5.12. The predicted molar refractivity (Wildman–Crippen MR) is 80.5 cm³/mol. The van der Waals surface area contributed by atoms with Crippen molar-refractivity contribution in [3.8, 4) is 5.75 Å². The molecule has 0 aliphatic heterocycles. The summed E-state index contributed by atoms with van der Waals surface area (Å²) in [6, 6.07) is 2.65. The average molecular weight is 299 g/mol. The van der Waals surface area contributed by atoms with Crippen LogP contribution in [-0.2, 0) is 0 Å². The van der Waals surface area contributed by atoms with Gasteiger partial charge in [-0.1, -0.05) is 0 Å². The number of nitro groups is 1. The molecule has 0 heterocycles. The predicted octanol–water partition coefficient (Wildman–Crippen LogP) is 2.88. The minimum absolute atomic E-state index is 0.0446. The van der Waals surface area contributed by atoms with Gasteiger partial charge in [0.1, 0.15) is 0 Å². The molecule has 0 fully saturated rings. The van der Waals surface area contributed by atoms with Crippen molar-refractivity contribution >= 4 is 11.4 Å². The fourth-order valence-corrected chi connectivity index (χ4v) is 1.79. The van der Waals surface area contributed by atoms with Crippen LogP contribution in [0.2, 0.25) is 0 Å². The van der Waals surface area contributed by atoms with Gasteiger partial charge in [0.25, 0.3) is 0 Å². The number of rotatable bonds is 8. The normalized spacial score (nSPS) is 11.0. The number of ether oxygens (including phenoxy) is 1. The van der Waals surface area contributed by atoms with Crippen LogP contribution in [0.3, 0.4) is 0 Å². The SMILES string of the molecule is COc1cc(NCCCN(C)C(C)C)c(F)cc1[N+](=O)[O-]. The van der Waals surface area contributed by atoms with Crippen LogP contribution in [-0.4, -0.2) is 43.1 Å². The van der Waals surface area contributed by atoms with E-state index >= 15 is 0 Å². The molecular formula is C14H22FN3O3. The van der Waals surface area contributed by atoms with Crippen molar-refractivity contribution in [1.29, 1.82) is 0 Å². The number of nitrogens with one attached hydrogen (secondary N) is 1. The molecule has 0 aliphatic carbocycles. The fraction of sp³-hybridized carbons (Fsp3) is 0.571. The Hall–Kier alpha value is -1.89. The van der Waals surface area contributed by atoms with E-state index in [0.29, 0.717) is 12.6 Å².